The van der Waals surface area contributed by atoms with Crippen LogP contribution in [-0.4, -0.2) is 25.5 Å². The normalized spacial score (nSPS) is 18.3. The number of ketones is 1. The Balaban J connectivity index is 1.98. The quantitative estimate of drug-likeness (QED) is 0.609. The molecule has 8 nitrogen and oxygen atoms in total. The molecule has 2 aromatic heterocycles. The van der Waals surface area contributed by atoms with Gasteiger partial charge in [-0.2, -0.15) is 10.4 Å². The Kier molecular flexibility index (Phi) is 4.70. The number of benzene rings is 1. The molecule has 3 aromatic rings. The van der Waals surface area contributed by atoms with Gasteiger partial charge < -0.3 is 10.5 Å². The molecule has 1 aromatic carbocycles. The largest absolute Gasteiger partial charge is 0.467 e. The van der Waals surface area contributed by atoms with E-state index in [1.807, 2.05) is 0 Å². The van der Waals surface area contributed by atoms with Crippen LogP contribution in [0.5, 0.6) is 5.88 Å². The Morgan fingerprint density at radius 3 is 2.87 bits per heavy atom. The number of aryl methyl sites for hydroxylation is 1. The van der Waals surface area contributed by atoms with Crippen LogP contribution in [0, 0.1) is 23.1 Å². The number of anilines is 1. The minimum atomic E-state index is -0.707. The van der Waals surface area contributed by atoms with Crippen molar-refractivity contribution in [3.05, 3.63) is 52.7 Å². The molecule has 0 radical (unpaired) electrons. The van der Waals surface area contributed by atoms with Gasteiger partial charge in [-0.05, 0) is 25.1 Å². The van der Waals surface area contributed by atoms with Crippen LogP contribution in [0.3, 0.4) is 0 Å². The summed E-state index contributed by atoms with van der Waals surface area (Å²) in [4.78, 5) is 21.8. The maximum atomic E-state index is 14.0. The topological polar surface area (TPSA) is 120 Å². The van der Waals surface area contributed by atoms with E-state index in [1.54, 1.807) is 20.9 Å². The van der Waals surface area contributed by atoms with Gasteiger partial charge in [0.05, 0.1) is 23.1 Å². The van der Waals surface area contributed by atoms with Crippen LogP contribution in [0.4, 0.5) is 10.2 Å². The molecule has 2 bridgehead atoms. The number of nitrogens with zero attached hydrogens (tertiary/aromatic N) is 5. The zero-order valence-electron chi connectivity index (χ0n) is 16.7. The fourth-order valence-corrected chi connectivity index (χ4v) is 3.68. The van der Waals surface area contributed by atoms with Crippen molar-refractivity contribution in [2.75, 3.05) is 5.73 Å². The van der Waals surface area contributed by atoms with E-state index < -0.39 is 17.8 Å². The first-order chi connectivity index (χ1) is 14.3. The lowest BCUT2D eigenvalue weighted by atomic mass is 9.89. The number of halogens is 1. The Labute approximate surface area is 172 Å². The molecule has 1 aliphatic rings. The first-order valence-corrected chi connectivity index (χ1v) is 9.39. The predicted molar refractivity (Wildman–Crippen MR) is 106 cm³/mol. The smallest absolute Gasteiger partial charge is 0.258 e. The number of carbonyl (C=O) groups is 1. The van der Waals surface area contributed by atoms with Gasteiger partial charge in [0.2, 0.25) is 0 Å². The first-order valence-electron chi connectivity index (χ1n) is 9.39. The van der Waals surface area contributed by atoms with Crippen molar-refractivity contribution in [3.8, 4) is 23.2 Å². The third-order valence-electron chi connectivity index (χ3n) is 5.20. The Morgan fingerprint density at radius 2 is 2.13 bits per heavy atom. The van der Waals surface area contributed by atoms with Crippen molar-refractivity contribution in [3.63, 3.8) is 0 Å². The zero-order chi connectivity index (χ0) is 21.6. The van der Waals surface area contributed by atoms with E-state index in [0.717, 1.165) is 0 Å². The summed E-state index contributed by atoms with van der Waals surface area (Å²) < 4.78 is 21.3. The van der Waals surface area contributed by atoms with E-state index >= 15 is 0 Å². The summed E-state index contributed by atoms with van der Waals surface area (Å²) >= 11 is 0. The highest BCUT2D eigenvalue weighted by molar-refractivity contribution is 5.99. The van der Waals surface area contributed by atoms with E-state index in [2.05, 4.69) is 21.1 Å². The SMILES string of the molecule is CC1Cc2nn(C)c(C#N)c2-c2cnc(N)c(n2)O[C@H](C)c2cc(F)ccc2C1=O. The molecule has 0 spiro atoms. The fraction of sp³-hybridized carbons (Fsp3) is 0.286. The number of nitrogen functional groups attached to an aromatic ring is 1. The predicted octanol–water partition coefficient (Wildman–Crippen LogP) is 2.98. The van der Waals surface area contributed by atoms with Crippen LogP contribution in [-0.2, 0) is 13.5 Å². The van der Waals surface area contributed by atoms with Crippen LogP contribution >= 0.6 is 0 Å². The Bertz CT molecular complexity index is 1210. The van der Waals surface area contributed by atoms with E-state index in [1.165, 1.54) is 29.1 Å². The average Bonchev–Trinajstić information content (AvgIpc) is 3.03. The molecule has 4 rings (SSSR count). The standard InChI is InChI=1S/C21H19FN6O2/c1-10-6-15-18(17(8-23)28(3)27-15)16-9-25-20(24)21(26-16)30-11(2)14-7-12(22)4-5-13(14)19(10)29/h4-5,7,9-11H,6H2,1-3H3,(H2,24,25)/t10?,11-/m1/s1. The average molecular weight is 406 g/mol. The highest BCUT2D eigenvalue weighted by Gasteiger charge is 2.28. The number of nitriles is 1. The number of carbonyl (C=O) groups excluding carboxylic acids is 1. The Morgan fingerprint density at radius 1 is 1.37 bits per heavy atom. The summed E-state index contributed by atoms with van der Waals surface area (Å²) in [6, 6.07) is 6.12. The molecule has 0 saturated carbocycles. The number of hydrogen-bond donors (Lipinski definition) is 1. The lowest BCUT2D eigenvalue weighted by molar-refractivity contribution is 0.0923. The number of fused-ring (bicyclic) bond motifs is 5. The molecular weight excluding hydrogens is 387 g/mol. The molecule has 1 aliphatic heterocycles. The minimum Gasteiger partial charge on any atom is -0.467 e. The summed E-state index contributed by atoms with van der Waals surface area (Å²) in [7, 11) is 1.65. The molecule has 2 atom stereocenters. The molecule has 1 unspecified atom stereocenters. The van der Waals surface area contributed by atoms with Crippen molar-refractivity contribution >= 4 is 11.6 Å². The second-order valence-corrected chi connectivity index (χ2v) is 7.31. The number of hydrogen-bond acceptors (Lipinski definition) is 7. The van der Waals surface area contributed by atoms with Gasteiger partial charge >= 0.3 is 0 Å². The number of nitrogens with two attached hydrogens (primary N) is 1. The maximum Gasteiger partial charge on any atom is 0.258 e. The van der Waals surface area contributed by atoms with E-state index in [0.29, 0.717) is 33.8 Å². The van der Waals surface area contributed by atoms with Gasteiger partial charge in [-0.3, -0.25) is 9.48 Å². The van der Waals surface area contributed by atoms with E-state index in [4.69, 9.17) is 10.5 Å². The fourth-order valence-electron chi connectivity index (χ4n) is 3.68. The van der Waals surface area contributed by atoms with Crippen LogP contribution in [0.25, 0.3) is 11.3 Å². The molecule has 2 N–H and O–H groups in total. The summed E-state index contributed by atoms with van der Waals surface area (Å²) in [6.07, 6.45) is 1.01. The summed E-state index contributed by atoms with van der Waals surface area (Å²) in [6.45, 7) is 3.46. The van der Waals surface area contributed by atoms with Crippen LogP contribution < -0.4 is 10.5 Å². The second kappa shape index (κ2) is 7.22. The van der Waals surface area contributed by atoms with Gasteiger partial charge in [-0.25, -0.2) is 14.4 Å². The highest BCUT2D eigenvalue weighted by atomic mass is 19.1. The maximum absolute atomic E-state index is 14.0. The van der Waals surface area contributed by atoms with Crippen LogP contribution in [0.1, 0.15) is 47.3 Å². The van der Waals surface area contributed by atoms with Gasteiger partial charge in [0.1, 0.15) is 23.7 Å². The van der Waals surface area contributed by atoms with Gasteiger partial charge in [0.15, 0.2) is 11.6 Å². The van der Waals surface area contributed by atoms with Gasteiger partial charge in [0.25, 0.3) is 5.88 Å². The highest BCUT2D eigenvalue weighted by Crippen LogP contribution is 2.34. The van der Waals surface area contributed by atoms with Crippen molar-refractivity contribution < 1.29 is 13.9 Å². The molecule has 9 heteroatoms. The molecule has 0 saturated heterocycles. The lowest BCUT2D eigenvalue weighted by Crippen LogP contribution is -2.20. The molecule has 0 amide bonds. The van der Waals surface area contributed by atoms with Gasteiger partial charge in [-0.1, -0.05) is 6.92 Å². The van der Waals surface area contributed by atoms with Crippen LogP contribution in [0.2, 0.25) is 0 Å². The number of ether oxygens (including phenoxy) is 1. The van der Waals surface area contributed by atoms with Crippen molar-refractivity contribution in [1.82, 2.24) is 19.7 Å². The zero-order valence-corrected chi connectivity index (χ0v) is 16.7. The summed E-state index contributed by atoms with van der Waals surface area (Å²) in [5, 5.41) is 14.1. The molecular formula is C21H19FN6O2. The van der Waals surface area contributed by atoms with E-state index in [9.17, 15) is 14.4 Å². The van der Waals surface area contributed by atoms with Crippen LogP contribution in [0.15, 0.2) is 24.4 Å². The van der Waals surface area contributed by atoms with Crippen molar-refractivity contribution in [1.29, 1.82) is 5.26 Å². The summed E-state index contributed by atoms with van der Waals surface area (Å²) in [5.74, 6) is -1.03. The third kappa shape index (κ3) is 3.16. The third-order valence-corrected chi connectivity index (χ3v) is 5.20. The number of Topliss-reactive ketones (excluding diaryl/α,β-unsaturated/α-hetero) is 1. The van der Waals surface area contributed by atoms with Gasteiger partial charge in [-0.15, -0.1) is 0 Å². The monoisotopic (exact) mass is 406 g/mol. The number of aromatic nitrogens is 4. The molecule has 0 aliphatic carbocycles. The number of rotatable bonds is 0. The molecule has 0 fully saturated rings. The van der Waals surface area contributed by atoms with Crippen molar-refractivity contribution in [2.45, 2.75) is 26.4 Å². The van der Waals surface area contributed by atoms with Crippen molar-refractivity contribution in [2.24, 2.45) is 13.0 Å². The molecule has 152 valence electrons. The lowest BCUT2D eigenvalue weighted by Gasteiger charge is -2.21. The molecule has 3 heterocycles. The van der Waals surface area contributed by atoms with E-state index in [-0.39, 0.29) is 23.9 Å². The second-order valence-electron chi connectivity index (χ2n) is 7.31. The molecule has 30 heavy (non-hydrogen) atoms. The van der Waals surface area contributed by atoms with Gasteiger partial charge in [0, 0.05) is 30.5 Å². The minimum absolute atomic E-state index is 0.0370. The summed E-state index contributed by atoms with van der Waals surface area (Å²) in [5.41, 5.74) is 8.40. The first kappa shape index (κ1) is 19.5. The Hall–Kier alpha value is -3.80.